The summed E-state index contributed by atoms with van der Waals surface area (Å²) >= 11 is 9.39. The highest BCUT2D eigenvalue weighted by Crippen LogP contribution is 2.39. The maximum Gasteiger partial charge on any atom is 0.128 e. The highest BCUT2D eigenvalue weighted by molar-refractivity contribution is 9.10. The van der Waals surface area contributed by atoms with E-state index in [4.69, 9.17) is 11.6 Å². The van der Waals surface area contributed by atoms with Gasteiger partial charge >= 0.3 is 0 Å². The van der Waals surface area contributed by atoms with Crippen molar-refractivity contribution in [3.8, 4) is 0 Å². The maximum atomic E-state index is 14.3. The van der Waals surface area contributed by atoms with Gasteiger partial charge in [-0.15, -0.1) is 0 Å². The Bertz CT molecular complexity index is 646. The summed E-state index contributed by atoms with van der Waals surface area (Å²) in [6, 6.07) is 13.3. The van der Waals surface area contributed by atoms with Crippen LogP contribution in [0.1, 0.15) is 29.4 Å². The third-order valence-corrected chi connectivity index (χ3v) is 4.85. The molecule has 1 nitrogen and oxygen atoms in total. The minimum Gasteiger partial charge on any atom is -0.316 e. The fourth-order valence-corrected chi connectivity index (χ4v) is 3.70. The van der Waals surface area contributed by atoms with E-state index in [2.05, 4.69) is 33.4 Å². The van der Waals surface area contributed by atoms with Crippen LogP contribution >= 0.6 is 27.5 Å². The molecule has 110 valence electrons. The van der Waals surface area contributed by atoms with Crippen LogP contribution in [0, 0.1) is 5.82 Å². The van der Waals surface area contributed by atoms with Gasteiger partial charge in [0.15, 0.2) is 0 Å². The van der Waals surface area contributed by atoms with Crippen LogP contribution in [0.5, 0.6) is 0 Å². The van der Waals surface area contributed by atoms with Crippen LogP contribution < -0.4 is 5.32 Å². The molecule has 0 bridgehead atoms. The number of rotatable bonds is 2. The number of nitrogens with one attached hydrogen (secondary N) is 1. The third-order valence-electron chi connectivity index (χ3n) is 4.12. The molecule has 1 heterocycles. The summed E-state index contributed by atoms with van der Waals surface area (Å²) in [4.78, 5) is 0. The number of piperidine rings is 1. The molecule has 1 aliphatic heterocycles. The third kappa shape index (κ3) is 3.31. The van der Waals surface area contributed by atoms with Crippen molar-refractivity contribution in [2.45, 2.75) is 18.3 Å². The van der Waals surface area contributed by atoms with Gasteiger partial charge in [-0.25, -0.2) is 4.39 Å². The zero-order valence-corrected chi connectivity index (χ0v) is 13.8. The molecule has 2 aromatic carbocycles. The summed E-state index contributed by atoms with van der Waals surface area (Å²) in [6.45, 7) is 1.78. The molecule has 0 radical (unpaired) electrons. The molecule has 0 spiro atoms. The molecule has 1 saturated heterocycles. The zero-order chi connectivity index (χ0) is 14.8. The minimum absolute atomic E-state index is 0.179. The van der Waals surface area contributed by atoms with Gasteiger partial charge in [0, 0.05) is 22.0 Å². The molecular weight excluding hydrogens is 353 g/mol. The van der Waals surface area contributed by atoms with Crippen LogP contribution in [0.15, 0.2) is 46.9 Å². The summed E-state index contributed by atoms with van der Waals surface area (Å²) in [5, 5.41) is 3.87. The predicted molar refractivity (Wildman–Crippen MR) is 88.5 cm³/mol. The van der Waals surface area contributed by atoms with Crippen LogP contribution in [0.4, 0.5) is 4.39 Å². The first-order valence-corrected chi connectivity index (χ1v) is 8.23. The Labute approximate surface area is 137 Å². The van der Waals surface area contributed by atoms with E-state index in [9.17, 15) is 4.39 Å². The van der Waals surface area contributed by atoms with Crippen molar-refractivity contribution in [3.05, 3.63) is 68.9 Å². The van der Waals surface area contributed by atoms with E-state index in [1.165, 1.54) is 11.6 Å². The van der Waals surface area contributed by atoms with Crippen LogP contribution in [0.2, 0.25) is 5.02 Å². The summed E-state index contributed by atoms with van der Waals surface area (Å²) in [5.74, 6) is 0.249. The Morgan fingerprint density at radius 3 is 2.76 bits per heavy atom. The molecule has 2 unspecified atom stereocenters. The van der Waals surface area contributed by atoms with Crippen molar-refractivity contribution < 1.29 is 4.39 Å². The van der Waals surface area contributed by atoms with E-state index >= 15 is 0 Å². The molecule has 2 atom stereocenters. The molecule has 1 N–H and O–H groups in total. The number of hydrogen-bond acceptors (Lipinski definition) is 1. The lowest BCUT2D eigenvalue weighted by atomic mass is 9.77. The highest BCUT2D eigenvalue weighted by atomic mass is 79.9. The number of benzene rings is 2. The van der Waals surface area contributed by atoms with Gasteiger partial charge in [-0.2, -0.15) is 0 Å². The fourth-order valence-electron chi connectivity index (χ4n) is 3.12. The summed E-state index contributed by atoms with van der Waals surface area (Å²) < 4.78 is 15.3. The summed E-state index contributed by atoms with van der Waals surface area (Å²) in [5.41, 5.74) is 2.00. The molecule has 0 saturated carbocycles. The Morgan fingerprint density at radius 2 is 2.00 bits per heavy atom. The van der Waals surface area contributed by atoms with Gasteiger partial charge in [-0.1, -0.05) is 45.7 Å². The first-order valence-electron chi connectivity index (χ1n) is 7.06. The fraction of sp³-hybridized carbons (Fsp3) is 0.294. The largest absolute Gasteiger partial charge is 0.316 e. The average Bonchev–Trinajstić information content (AvgIpc) is 2.47. The van der Waals surface area contributed by atoms with Crippen LogP contribution in [0.25, 0.3) is 0 Å². The topological polar surface area (TPSA) is 12.0 Å². The van der Waals surface area contributed by atoms with Crippen LogP contribution in [-0.2, 0) is 0 Å². The summed E-state index contributed by atoms with van der Waals surface area (Å²) in [7, 11) is 0. The average molecular weight is 369 g/mol. The van der Waals surface area contributed by atoms with Gasteiger partial charge < -0.3 is 5.32 Å². The molecule has 0 aliphatic carbocycles. The highest BCUT2D eigenvalue weighted by Gasteiger charge is 2.29. The monoisotopic (exact) mass is 367 g/mol. The molecule has 1 fully saturated rings. The van der Waals surface area contributed by atoms with Crippen molar-refractivity contribution in [2.24, 2.45) is 0 Å². The Morgan fingerprint density at radius 1 is 1.14 bits per heavy atom. The van der Waals surface area contributed by atoms with Crippen LogP contribution in [0.3, 0.4) is 0 Å². The lowest BCUT2D eigenvalue weighted by molar-refractivity contribution is 0.393. The van der Waals surface area contributed by atoms with Crippen molar-refractivity contribution in [3.63, 3.8) is 0 Å². The second-order valence-electron chi connectivity index (χ2n) is 5.43. The normalized spacial score (nSPS) is 22.2. The molecule has 1 aliphatic rings. The van der Waals surface area contributed by atoms with Crippen molar-refractivity contribution in [2.75, 3.05) is 13.1 Å². The molecule has 0 aromatic heterocycles. The second kappa shape index (κ2) is 6.47. The van der Waals surface area contributed by atoms with Crippen molar-refractivity contribution in [1.29, 1.82) is 0 Å². The molecule has 3 rings (SSSR count). The van der Waals surface area contributed by atoms with Gasteiger partial charge in [0.2, 0.25) is 0 Å². The number of halogens is 3. The van der Waals surface area contributed by atoms with Crippen molar-refractivity contribution >= 4 is 27.5 Å². The molecule has 21 heavy (non-hydrogen) atoms. The SMILES string of the molecule is Fc1cc(Cl)ccc1C1CCNCC1c1cccc(Br)c1. The van der Waals surface area contributed by atoms with Crippen molar-refractivity contribution in [1.82, 2.24) is 5.32 Å². The van der Waals surface area contributed by atoms with Gasteiger partial charge in [-0.05, 0) is 54.3 Å². The lowest BCUT2D eigenvalue weighted by Crippen LogP contribution is -2.34. The Balaban J connectivity index is 1.98. The molecule has 2 aromatic rings. The van der Waals surface area contributed by atoms with E-state index in [0.29, 0.717) is 5.02 Å². The van der Waals surface area contributed by atoms with Gasteiger partial charge in [-0.3, -0.25) is 0 Å². The van der Waals surface area contributed by atoms with E-state index in [-0.39, 0.29) is 17.7 Å². The quantitative estimate of drug-likeness (QED) is 0.777. The first kappa shape index (κ1) is 15.0. The van der Waals surface area contributed by atoms with E-state index < -0.39 is 0 Å². The lowest BCUT2D eigenvalue weighted by Gasteiger charge is -2.33. The second-order valence-corrected chi connectivity index (χ2v) is 6.78. The summed E-state index contributed by atoms with van der Waals surface area (Å²) in [6.07, 6.45) is 0.926. The smallest absolute Gasteiger partial charge is 0.128 e. The molecule has 4 heteroatoms. The standard InChI is InChI=1S/C17H16BrClFN/c18-12-3-1-2-11(8-12)16-10-21-7-6-14(16)15-5-4-13(19)9-17(15)20/h1-5,8-9,14,16,21H,6-7,10H2. The van der Waals surface area contributed by atoms with E-state index in [0.717, 1.165) is 29.5 Å². The predicted octanol–water partition coefficient (Wildman–Crippen LogP) is 5.10. The van der Waals surface area contributed by atoms with Gasteiger partial charge in [0.1, 0.15) is 5.82 Å². The Hall–Kier alpha value is -0.900. The Kier molecular flexibility index (Phi) is 4.63. The molecule has 0 amide bonds. The van der Waals surface area contributed by atoms with Gasteiger partial charge in [0.25, 0.3) is 0 Å². The maximum absolute atomic E-state index is 14.3. The van der Waals surface area contributed by atoms with E-state index in [1.807, 2.05) is 18.2 Å². The first-order chi connectivity index (χ1) is 10.1. The number of hydrogen-bond donors (Lipinski definition) is 1. The van der Waals surface area contributed by atoms with Crippen LogP contribution in [-0.4, -0.2) is 13.1 Å². The van der Waals surface area contributed by atoms with Gasteiger partial charge in [0.05, 0.1) is 0 Å². The molecular formula is C17H16BrClFN. The van der Waals surface area contributed by atoms with E-state index in [1.54, 1.807) is 6.07 Å². The zero-order valence-electron chi connectivity index (χ0n) is 11.5. The minimum atomic E-state index is -0.200.